The first kappa shape index (κ1) is 59.6. The van der Waals surface area contributed by atoms with Gasteiger partial charge in [-0.25, -0.2) is 0 Å². The minimum atomic E-state index is 0.635. The highest BCUT2D eigenvalue weighted by molar-refractivity contribution is 6.17. The summed E-state index contributed by atoms with van der Waals surface area (Å²) in [6.07, 6.45) is 0. The van der Waals surface area contributed by atoms with Gasteiger partial charge in [0.2, 0.25) is 0 Å². The molecule has 0 bridgehead atoms. The van der Waals surface area contributed by atoms with Crippen molar-refractivity contribution in [3.8, 4) is 45.3 Å². The summed E-state index contributed by atoms with van der Waals surface area (Å²) in [6, 6.07) is 139. The topological polar surface area (TPSA) is 31.4 Å². The van der Waals surface area contributed by atoms with Gasteiger partial charge in [0.25, 0.3) is 0 Å². The molecule has 19 rings (SSSR count). The average Bonchev–Trinajstić information content (AvgIpc) is 0.736. The van der Waals surface area contributed by atoms with E-state index >= 15 is 0 Å². The van der Waals surface area contributed by atoms with Crippen LogP contribution in [0.5, 0.6) is 23.0 Å². The Morgan fingerprint density at radius 3 is 0.971 bits per heavy atom. The molecule has 0 N–H and O–H groups in total. The fourth-order valence-corrected chi connectivity index (χ4v) is 15.2. The van der Waals surface area contributed by atoms with Gasteiger partial charge in [0.1, 0.15) is 0 Å². The van der Waals surface area contributed by atoms with Crippen molar-refractivity contribution in [1.29, 1.82) is 0 Å². The van der Waals surface area contributed by atoms with E-state index in [1.54, 1.807) is 0 Å². The molecule has 0 atom stereocenters. The molecular weight excluding hydrogens is 1240 g/mol. The molecule has 0 unspecified atom stereocenters. The number of benzene rings is 18. The van der Waals surface area contributed by atoms with Crippen molar-refractivity contribution in [2.75, 3.05) is 19.6 Å². The zero-order chi connectivity index (χ0) is 67.5. The SMILES string of the molecule is c1ccc(N(c2ccc(-c3ccc(N(c4ccccc4)c4cccc5cc(-c6ccc7cc(N(c8ccccc8)c8ccc9c(c8)Oc8ccc(N(c%10ccccc%10)c%10cc%11ccccc%11c%11ccccc%10%11)cc8O9)c8ccccc8c7c6)ccc45)cc3)cc2)c2cccc3ccccc23)cc1. The molecule has 0 saturated heterocycles. The zero-order valence-corrected chi connectivity index (χ0v) is 55.6. The predicted octanol–water partition coefficient (Wildman–Crippen LogP) is 27.7. The molecular formula is C96H64N4O2. The first-order chi connectivity index (χ1) is 50.6. The largest absolute Gasteiger partial charge is 0.449 e. The number of para-hydroxylation sites is 4. The fraction of sp³-hybridized carbons (Fsp3) is 0. The minimum Gasteiger partial charge on any atom is -0.449 e. The second-order valence-electron chi connectivity index (χ2n) is 26.0. The molecule has 6 nitrogen and oxygen atoms in total. The van der Waals surface area contributed by atoms with Crippen LogP contribution in [0.25, 0.3) is 86.9 Å². The van der Waals surface area contributed by atoms with Crippen molar-refractivity contribution in [2.24, 2.45) is 0 Å². The fourth-order valence-electron chi connectivity index (χ4n) is 15.2. The summed E-state index contributed by atoms with van der Waals surface area (Å²) in [4.78, 5) is 9.39. The number of ether oxygens (including phenoxy) is 2. The summed E-state index contributed by atoms with van der Waals surface area (Å²) >= 11 is 0. The molecule has 480 valence electrons. The maximum Gasteiger partial charge on any atom is 0.172 e. The second kappa shape index (κ2) is 25.3. The van der Waals surface area contributed by atoms with Gasteiger partial charge in [-0.3, -0.25) is 0 Å². The average molecular weight is 1310 g/mol. The van der Waals surface area contributed by atoms with Crippen LogP contribution >= 0.6 is 0 Å². The smallest absolute Gasteiger partial charge is 0.172 e. The van der Waals surface area contributed by atoms with E-state index in [0.29, 0.717) is 23.0 Å². The molecule has 0 amide bonds. The van der Waals surface area contributed by atoms with Crippen LogP contribution in [0.1, 0.15) is 0 Å². The van der Waals surface area contributed by atoms with E-state index in [1.807, 2.05) is 12.1 Å². The Labute approximate surface area is 591 Å². The molecule has 1 aliphatic rings. The van der Waals surface area contributed by atoms with Crippen molar-refractivity contribution in [3.05, 3.63) is 388 Å². The lowest BCUT2D eigenvalue weighted by Crippen LogP contribution is -2.12. The standard InChI is InChI=1S/C96H64N4O2/c1-5-27-73(28-6-1)97(89-41-21-25-67-23-13-16-36-82(67)89)77-50-45-65(46-51-77)66-47-52-78(53-48-66)98(74-29-7-2-8-30-74)90-42-22-26-70-59-68(49-56-83(70)90)69-43-44-72-62-92(87-40-20-18-38-85(87)88(72)60-69)100(76-33-11-4-12-34-76)80-55-58-94-96(64-80)102-93-57-54-79(63-95(93)101-94)99(75-31-9-3-10-32-75)91-61-71-24-14-15-35-81(71)84-37-17-19-39-86(84)91/h1-64H. The van der Waals surface area contributed by atoms with E-state index in [-0.39, 0.29) is 0 Å². The number of fused-ring (bicyclic) bond motifs is 10. The Morgan fingerprint density at radius 2 is 0.471 bits per heavy atom. The normalized spacial score (nSPS) is 11.7. The highest BCUT2D eigenvalue weighted by Gasteiger charge is 2.27. The first-order valence-electron chi connectivity index (χ1n) is 34.7. The predicted molar refractivity (Wildman–Crippen MR) is 428 cm³/mol. The van der Waals surface area contributed by atoms with Gasteiger partial charge in [0.15, 0.2) is 23.0 Å². The summed E-state index contributed by atoms with van der Waals surface area (Å²) in [5, 5.41) is 14.1. The molecule has 0 saturated carbocycles. The van der Waals surface area contributed by atoms with E-state index in [9.17, 15) is 0 Å². The van der Waals surface area contributed by atoms with Crippen LogP contribution in [-0.4, -0.2) is 0 Å². The van der Waals surface area contributed by atoms with Gasteiger partial charge >= 0.3 is 0 Å². The van der Waals surface area contributed by atoms with E-state index < -0.39 is 0 Å². The van der Waals surface area contributed by atoms with Crippen molar-refractivity contribution in [3.63, 3.8) is 0 Å². The molecule has 0 fully saturated rings. The van der Waals surface area contributed by atoms with E-state index in [2.05, 4.69) is 396 Å². The monoisotopic (exact) mass is 1300 g/mol. The van der Waals surface area contributed by atoms with Crippen LogP contribution in [0.15, 0.2) is 388 Å². The Morgan fingerprint density at radius 1 is 0.147 bits per heavy atom. The van der Waals surface area contributed by atoms with Crippen molar-refractivity contribution < 1.29 is 9.47 Å². The highest BCUT2D eigenvalue weighted by atomic mass is 16.6. The van der Waals surface area contributed by atoms with Gasteiger partial charge in [0.05, 0.1) is 34.1 Å². The Kier molecular flexibility index (Phi) is 14.8. The number of rotatable bonds is 14. The van der Waals surface area contributed by atoms with Gasteiger partial charge in [-0.05, 0) is 199 Å². The molecule has 1 heterocycles. The van der Waals surface area contributed by atoms with Crippen LogP contribution in [0.2, 0.25) is 0 Å². The van der Waals surface area contributed by atoms with Gasteiger partial charge in [0, 0.05) is 67.8 Å². The van der Waals surface area contributed by atoms with Gasteiger partial charge < -0.3 is 29.1 Å². The summed E-state index contributed by atoms with van der Waals surface area (Å²) in [6.45, 7) is 0. The quantitative estimate of drug-likeness (QED) is 0.101. The summed E-state index contributed by atoms with van der Waals surface area (Å²) in [7, 11) is 0. The number of anilines is 12. The van der Waals surface area contributed by atoms with Crippen molar-refractivity contribution in [2.45, 2.75) is 0 Å². The second-order valence-corrected chi connectivity index (χ2v) is 26.0. The molecule has 0 spiro atoms. The molecule has 1 aliphatic heterocycles. The highest BCUT2D eigenvalue weighted by Crippen LogP contribution is 2.53. The van der Waals surface area contributed by atoms with Crippen molar-refractivity contribution >= 4 is 133 Å². The first-order valence-corrected chi connectivity index (χ1v) is 34.7. The maximum absolute atomic E-state index is 6.89. The third-order valence-electron chi connectivity index (χ3n) is 20.0. The lowest BCUT2D eigenvalue weighted by Gasteiger charge is -2.30. The lowest BCUT2D eigenvalue weighted by atomic mass is 9.94. The summed E-state index contributed by atoms with van der Waals surface area (Å²) in [5.41, 5.74) is 17.3. The Balaban J connectivity index is 0.627. The molecule has 0 radical (unpaired) electrons. The van der Waals surface area contributed by atoms with E-state index in [1.165, 1.54) is 32.3 Å². The molecule has 6 heteroatoms. The van der Waals surface area contributed by atoms with Crippen LogP contribution in [0.3, 0.4) is 0 Å². The zero-order valence-electron chi connectivity index (χ0n) is 55.6. The lowest BCUT2D eigenvalue weighted by molar-refractivity contribution is 0.360. The van der Waals surface area contributed by atoms with E-state index in [0.717, 1.165) is 123 Å². The maximum atomic E-state index is 6.89. The minimum absolute atomic E-state index is 0.635. The Hall–Kier alpha value is -13.7. The molecule has 102 heavy (non-hydrogen) atoms. The van der Waals surface area contributed by atoms with Crippen LogP contribution < -0.4 is 29.1 Å². The van der Waals surface area contributed by atoms with Gasteiger partial charge in [-0.1, -0.05) is 243 Å². The molecule has 18 aromatic rings. The third kappa shape index (κ3) is 10.7. The Bertz CT molecular complexity index is 6200. The van der Waals surface area contributed by atoms with Crippen LogP contribution in [-0.2, 0) is 0 Å². The van der Waals surface area contributed by atoms with Crippen LogP contribution in [0, 0.1) is 0 Å². The molecule has 0 aliphatic carbocycles. The molecule has 18 aromatic carbocycles. The number of hydrogen-bond acceptors (Lipinski definition) is 6. The number of nitrogens with zero attached hydrogens (tertiary/aromatic N) is 4. The van der Waals surface area contributed by atoms with E-state index in [4.69, 9.17) is 9.47 Å². The van der Waals surface area contributed by atoms with Gasteiger partial charge in [-0.15, -0.1) is 0 Å². The summed E-state index contributed by atoms with van der Waals surface area (Å²) in [5.74, 6) is 2.56. The van der Waals surface area contributed by atoms with Gasteiger partial charge in [-0.2, -0.15) is 0 Å². The summed E-state index contributed by atoms with van der Waals surface area (Å²) < 4.78 is 13.8. The number of hydrogen-bond donors (Lipinski definition) is 0. The third-order valence-corrected chi connectivity index (χ3v) is 20.0. The van der Waals surface area contributed by atoms with Crippen molar-refractivity contribution in [1.82, 2.24) is 0 Å². The molecule has 0 aromatic heterocycles. The van der Waals surface area contributed by atoms with Crippen LogP contribution in [0.4, 0.5) is 68.2 Å².